The summed E-state index contributed by atoms with van der Waals surface area (Å²) in [6.45, 7) is 0. The molecule has 3 rings (SSSR count). The Balaban J connectivity index is 1.51. The van der Waals surface area contributed by atoms with Gasteiger partial charge in [0.1, 0.15) is 0 Å². The van der Waals surface area contributed by atoms with E-state index in [0.29, 0.717) is 11.1 Å². The summed E-state index contributed by atoms with van der Waals surface area (Å²) in [5.74, 6) is -0.200. The minimum atomic E-state index is -0.0999. The molecule has 2 unspecified atom stereocenters. The fourth-order valence-electron chi connectivity index (χ4n) is 2.20. The lowest BCUT2D eigenvalue weighted by Crippen LogP contribution is -2.34. The summed E-state index contributed by atoms with van der Waals surface area (Å²) in [5, 5.41) is 5.85. The molecular weight excluding hydrogens is 264 g/mol. The summed E-state index contributed by atoms with van der Waals surface area (Å²) in [6.07, 6.45) is 0.775. The number of nitrogens with one attached hydrogen (secondary N) is 2. The van der Waals surface area contributed by atoms with Gasteiger partial charge in [0, 0.05) is 11.1 Å². The molecule has 0 bridgehead atoms. The highest BCUT2D eigenvalue weighted by atomic mass is 16.2. The molecule has 0 spiro atoms. The van der Waals surface area contributed by atoms with E-state index in [0.717, 1.165) is 6.42 Å². The van der Waals surface area contributed by atoms with Gasteiger partial charge < -0.3 is 10.6 Å². The van der Waals surface area contributed by atoms with Crippen molar-refractivity contribution in [1.82, 2.24) is 10.6 Å². The summed E-state index contributed by atoms with van der Waals surface area (Å²) < 4.78 is 0. The Morgan fingerprint density at radius 2 is 1.10 bits per heavy atom. The van der Waals surface area contributed by atoms with Crippen LogP contribution in [0.1, 0.15) is 27.1 Å². The number of carbonyl (C=O) groups is 2. The van der Waals surface area contributed by atoms with Gasteiger partial charge in [0.05, 0.1) is 12.1 Å². The SMILES string of the molecule is O=C(NC1CC1NC(=O)c1ccccc1)c1ccccc1. The maximum atomic E-state index is 12.0. The highest BCUT2D eigenvalue weighted by Gasteiger charge is 2.39. The molecule has 1 fully saturated rings. The first kappa shape index (κ1) is 13.4. The average molecular weight is 280 g/mol. The number of rotatable bonds is 4. The van der Waals surface area contributed by atoms with E-state index in [-0.39, 0.29) is 23.9 Å². The molecule has 2 atom stereocenters. The Morgan fingerprint density at radius 1 is 0.714 bits per heavy atom. The van der Waals surface area contributed by atoms with Gasteiger partial charge in [-0.25, -0.2) is 0 Å². The van der Waals surface area contributed by atoms with Gasteiger partial charge in [-0.1, -0.05) is 36.4 Å². The Bertz CT molecular complexity index is 583. The van der Waals surface area contributed by atoms with Crippen molar-refractivity contribution in [2.75, 3.05) is 0 Å². The van der Waals surface area contributed by atoms with E-state index >= 15 is 0 Å². The summed E-state index contributed by atoms with van der Waals surface area (Å²) in [6, 6.07) is 18.2. The average Bonchev–Trinajstić information content (AvgIpc) is 3.26. The monoisotopic (exact) mass is 280 g/mol. The normalized spacial score (nSPS) is 19.6. The van der Waals surface area contributed by atoms with Gasteiger partial charge in [0.15, 0.2) is 0 Å². The molecular formula is C17H16N2O2. The molecule has 21 heavy (non-hydrogen) atoms. The smallest absolute Gasteiger partial charge is 0.251 e. The summed E-state index contributed by atoms with van der Waals surface area (Å²) in [4.78, 5) is 23.9. The van der Waals surface area contributed by atoms with Crippen molar-refractivity contribution in [3.63, 3.8) is 0 Å². The lowest BCUT2D eigenvalue weighted by Gasteiger charge is -2.06. The van der Waals surface area contributed by atoms with Crippen LogP contribution in [0.15, 0.2) is 60.7 Å². The molecule has 1 saturated carbocycles. The molecule has 0 saturated heterocycles. The number of hydrogen-bond donors (Lipinski definition) is 2. The van der Waals surface area contributed by atoms with Crippen LogP contribution in [0.25, 0.3) is 0 Å². The Morgan fingerprint density at radius 3 is 1.48 bits per heavy atom. The fourth-order valence-corrected chi connectivity index (χ4v) is 2.20. The molecule has 4 heteroatoms. The van der Waals surface area contributed by atoms with Crippen LogP contribution in [-0.2, 0) is 0 Å². The van der Waals surface area contributed by atoms with Crippen molar-refractivity contribution in [1.29, 1.82) is 0 Å². The van der Waals surface area contributed by atoms with Crippen LogP contribution in [0.3, 0.4) is 0 Å². The quantitative estimate of drug-likeness (QED) is 0.900. The number of benzene rings is 2. The van der Waals surface area contributed by atoms with Crippen LogP contribution in [0, 0.1) is 0 Å². The van der Waals surface area contributed by atoms with Crippen molar-refractivity contribution >= 4 is 11.8 Å². The van der Waals surface area contributed by atoms with Gasteiger partial charge in [-0.05, 0) is 30.7 Å². The van der Waals surface area contributed by atoms with Crippen molar-refractivity contribution in [3.8, 4) is 0 Å². The van der Waals surface area contributed by atoms with E-state index in [9.17, 15) is 9.59 Å². The maximum absolute atomic E-state index is 12.0. The molecule has 2 aromatic rings. The van der Waals surface area contributed by atoms with Gasteiger partial charge in [-0.2, -0.15) is 0 Å². The van der Waals surface area contributed by atoms with Crippen molar-refractivity contribution in [3.05, 3.63) is 71.8 Å². The molecule has 1 aliphatic carbocycles. The Labute approximate surface area is 123 Å². The minimum absolute atomic E-state index is 0.0189. The molecule has 1 aliphatic rings. The summed E-state index contributed by atoms with van der Waals surface area (Å²) in [5.41, 5.74) is 1.27. The second kappa shape index (κ2) is 5.79. The molecule has 0 aliphatic heterocycles. The van der Waals surface area contributed by atoms with Crippen LogP contribution in [0.5, 0.6) is 0 Å². The zero-order chi connectivity index (χ0) is 14.7. The Hall–Kier alpha value is -2.62. The molecule has 0 heterocycles. The van der Waals surface area contributed by atoms with E-state index in [1.807, 2.05) is 36.4 Å². The van der Waals surface area contributed by atoms with Crippen LogP contribution in [0.4, 0.5) is 0 Å². The van der Waals surface area contributed by atoms with Crippen LogP contribution in [0.2, 0.25) is 0 Å². The molecule has 0 radical (unpaired) electrons. The standard InChI is InChI=1S/C17H16N2O2/c20-16(12-7-3-1-4-8-12)18-14-11-15(14)19-17(21)13-9-5-2-6-10-13/h1-10,14-15H,11H2,(H,18,20)(H,19,21). The van der Waals surface area contributed by atoms with Gasteiger partial charge in [-0.15, -0.1) is 0 Å². The predicted molar refractivity (Wildman–Crippen MR) is 80.0 cm³/mol. The van der Waals surface area contributed by atoms with Gasteiger partial charge in [-0.3, -0.25) is 9.59 Å². The van der Waals surface area contributed by atoms with Gasteiger partial charge in [0.25, 0.3) is 11.8 Å². The number of hydrogen-bond acceptors (Lipinski definition) is 2. The van der Waals surface area contributed by atoms with Crippen LogP contribution in [-0.4, -0.2) is 23.9 Å². The zero-order valence-electron chi connectivity index (χ0n) is 11.5. The maximum Gasteiger partial charge on any atom is 0.251 e. The molecule has 2 N–H and O–H groups in total. The van der Waals surface area contributed by atoms with Crippen molar-refractivity contribution in [2.45, 2.75) is 18.5 Å². The van der Waals surface area contributed by atoms with E-state index in [1.54, 1.807) is 24.3 Å². The first-order valence-corrected chi connectivity index (χ1v) is 6.96. The molecule has 106 valence electrons. The highest BCUT2D eigenvalue weighted by Crippen LogP contribution is 2.22. The lowest BCUT2D eigenvalue weighted by molar-refractivity contribution is 0.0926. The van der Waals surface area contributed by atoms with E-state index in [1.165, 1.54) is 0 Å². The van der Waals surface area contributed by atoms with E-state index < -0.39 is 0 Å². The molecule has 2 aromatic carbocycles. The predicted octanol–water partition coefficient (Wildman–Crippen LogP) is 1.99. The third kappa shape index (κ3) is 3.28. The van der Waals surface area contributed by atoms with Crippen molar-refractivity contribution in [2.24, 2.45) is 0 Å². The zero-order valence-corrected chi connectivity index (χ0v) is 11.5. The first-order chi connectivity index (χ1) is 10.2. The largest absolute Gasteiger partial charge is 0.347 e. The summed E-state index contributed by atoms with van der Waals surface area (Å²) in [7, 11) is 0. The molecule has 0 aromatic heterocycles. The second-order valence-electron chi connectivity index (χ2n) is 5.13. The van der Waals surface area contributed by atoms with Crippen LogP contribution < -0.4 is 10.6 Å². The van der Waals surface area contributed by atoms with Gasteiger partial charge in [0.2, 0.25) is 0 Å². The minimum Gasteiger partial charge on any atom is -0.347 e. The fraction of sp³-hybridized carbons (Fsp3) is 0.176. The summed E-state index contributed by atoms with van der Waals surface area (Å²) >= 11 is 0. The molecule has 2 amide bonds. The third-order valence-corrected chi connectivity index (χ3v) is 3.50. The van der Waals surface area contributed by atoms with Crippen LogP contribution >= 0.6 is 0 Å². The first-order valence-electron chi connectivity index (χ1n) is 6.96. The third-order valence-electron chi connectivity index (χ3n) is 3.50. The van der Waals surface area contributed by atoms with Gasteiger partial charge >= 0.3 is 0 Å². The number of carbonyl (C=O) groups excluding carboxylic acids is 2. The Kier molecular flexibility index (Phi) is 3.69. The lowest BCUT2D eigenvalue weighted by atomic mass is 10.2. The highest BCUT2D eigenvalue weighted by molar-refractivity contribution is 5.96. The molecule has 4 nitrogen and oxygen atoms in total. The number of amides is 2. The van der Waals surface area contributed by atoms with E-state index in [2.05, 4.69) is 10.6 Å². The van der Waals surface area contributed by atoms with Crippen molar-refractivity contribution < 1.29 is 9.59 Å². The second-order valence-corrected chi connectivity index (χ2v) is 5.13. The topological polar surface area (TPSA) is 58.2 Å². The van der Waals surface area contributed by atoms with E-state index in [4.69, 9.17) is 0 Å².